The first-order valence-electron chi connectivity index (χ1n) is 10.2. The number of aromatic nitrogens is 2. The molecule has 2 aromatic rings. The van der Waals surface area contributed by atoms with Crippen LogP contribution in [0.5, 0.6) is 5.75 Å². The minimum absolute atomic E-state index is 0.0495. The predicted molar refractivity (Wildman–Crippen MR) is 123 cm³/mol. The highest BCUT2D eigenvalue weighted by molar-refractivity contribution is 6.31. The quantitative estimate of drug-likeness (QED) is 0.641. The van der Waals surface area contributed by atoms with E-state index in [1.807, 2.05) is 6.92 Å². The Balaban J connectivity index is 1.89. The number of unbranched alkanes of at least 4 members (excludes halogenated alkanes) is 1. The molecule has 2 amide bonds. The van der Waals surface area contributed by atoms with Gasteiger partial charge in [-0.15, -0.1) is 0 Å². The average Bonchev–Trinajstić information content (AvgIpc) is 3.14. The molecule has 10 nitrogen and oxygen atoms in total. The third-order valence-corrected chi connectivity index (χ3v) is 5.76. The number of carbonyl (C=O) groups excluding carboxylic acids is 2. The molecule has 172 valence electrons. The Kier molecular flexibility index (Phi) is 6.93. The summed E-state index contributed by atoms with van der Waals surface area (Å²) < 4.78 is 6.56. The second-order valence-electron chi connectivity index (χ2n) is 7.62. The first-order chi connectivity index (χ1) is 15.2. The van der Waals surface area contributed by atoms with Crippen LogP contribution in [0.3, 0.4) is 0 Å². The molecule has 3 rings (SSSR count). The fraction of sp³-hybridized carbons (Fsp3) is 0.429. The van der Waals surface area contributed by atoms with Crippen molar-refractivity contribution in [3.8, 4) is 5.75 Å². The van der Waals surface area contributed by atoms with Gasteiger partial charge in [0.1, 0.15) is 11.6 Å². The topological polar surface area (TPSA) is 131 Å². The molecule has 1 aliphatic rings. The molecule has 2 heterocycles. The first kappa shape index (κ1) is 23.4. The summed E-state index contributed by atoms with van der Waals surface area (Å²) in [4.78, 5) is 55.3. The largest absolute Gasteiger partial charge is 0.495 e. The summed E-state index contributed by atoms with van der Waals surface area (Å²) in [5.74, 6) is -1.08. The average molecular weight is 464 g/mol. The molecule has 1 aromatic carbocycles. The number of benzene rings is 1. The maximum absolute atomic E-state index is 13.2. The van der Waals surface area contributed by atoms with E-state index in [1.54, 1.807) is 18.2 Å². The summed E-state index contributed by atoms with van der Waals surface area (Å²) in [6, 6.07) is 4.89. The highest BCUT2D eigenvalue weighted by Gasteiger charge is 2.38. The number of amides is 2. The third kappa shape index (κ3) is 4.36. The van der Waals surface area contributed by atoms with Crippen molar-refractivity contribution in [1.29, 1.82) is 0 Å². The number of rotatable bonds is 7. The zero-order valence-corrected chi connectivity index (χ0v) is 18.9. The summed E-state index contributed by atoms with van der Waals surface area (Å²) in [5.41, 5.74) is 5.08. The van der Waals surface area contributed by atoms with Gasteiger partial charge in [-0.05, 0) is 24.6 Å². The summed E-state index contributed by atoms with van der Waals surface area (Å²) >= 11 is 6.08. The van der Waals surface area contributed by atoms with E-state index in [2.05, 4.69) is 4.98 Å². The van der Waals surface area contributed by atoms with Crippen molar-refractivity contribution in [2.75, 3.05) is 36.2 Å². The second kappa shape index (κ2) is 9.47. The van der Waals surface area contributed by atoms with E-state index in [1.165, 1.54) is 23.6 Å². The molecule has 0 saturated carbocycles. The van der Waals surface area contributed by atoms with Gasteiger partial charge in [-0.1, -0.05) is 24.9 Å². The van der Waals surface area contributed by atoms with Crippen LogP contribution in [-0.2, 0) is 16.1 Å². The lowest BCUT2D eigenvalue weighted by atomic mass is 10.1. The van der Waals surface area contributed by atoms with Gasteiger partial charge in [-0.3, -0.25) is 23.9 Å². The van der Waals surface area contributed by atoms with Gasteiger partial charge in [0.15, 0.2) is 5.69 Å². The lowest BCUT2D eigenvalue weighted by Crippen LogP contribution is -2.42. The van der Waals surface area contributed by atoms with Gasteiger partial charge in [-0.25, -0.2) is 4.79 Å². The van der Waals surface area contributed by atoms with Gasteiger partial charge in [0.25, 0.3) is 5.56 Å². The number of ether oxygens (including phenoxy) is 1. The predicted octanol–water partition coefficient (Wildman–Crippen LogP) is 1.60. The number of hydrogen-bond donors (Lipinski definition) is 2. The molecule has 1 aliphatic heterocycles. The number of nitrogens with one attached hydrogen (secondary N) is 1. The molecule has 11 heteroatoms. The van der Waals surface area contributed by atoms with Gasteiger partial charge in [-0.2, -0.15) is 0 Å². The SMILES string of the molecule is CCCCn1c(N)c(N(C)C(=O)C2CC(=O)N(c3cc(Cl)ccc3OC)C2)c(=O)[nH]c1=O. The summed E-state index contributed by atoms with van der Waals surface area (Å²) in [7, 11) is 2.89. The molecule has 0 radical (unpaired) electrons. The first-order valence-corrected chi connectivity index (χ1v) is 10.6. The molecule has 0 spiro atoms. The fourth-order valence-electron chi connectivity index (χ4n) is 3.80. The van der Waals surface area contributed by atoms with Gasteiger partial charge < -0.3 is 20.3 Å². The number of methoxy groups -OCH3 is 1. The van der Waals surface area contributed by atoms with Crippen molar-refractivity contribution in [2.45, 2.75) is 32.7 Å². The highest BCUT2D eigenvalue weighted by atomic mass is 35.5. The zero-order chi connectivity index (χ0) is 23.6. The Morgan fingerprint density at radius 1 is 1.34 bits per heavy atom. The van der Waals surface area contributed by atoms with Crippen molar-refractivity contribution < 1.29 is 14.3 Å². The standard InChI is InChI=1S/C21H26ClN5O5/c1-4-5-8-26-18(23)17(19(29)24-21(26)31)25(2)20(30)12-9-16(28)27(11-12)14-10-13(22)6-7-15(14)32-3/h6-7,10,12H,4-5,8-9,11,23H2,1-3H3,(H,24,29,31). The molecule has 1 aromatic heterocycles. The minimum Gasteiger partial charge on any atom is -0.495 e. The Hall–Kier alpha value is -3.27. The number of H-pyrrole nitrogens is 1. The lowest BCUT2D eigenvalue weighted by molar-refractivity contribution is -0.124. The summed E-state index contributed by atoms with van der Waals surface area (Å²) in [5, 5.41) is 0.425. The molecular weight excluding hydrogens is 438 g/mol. The van der Waals surface area contributed by atoms with Crippen LogP contribution in [0.15, 0.2) is 27.8 Å². The molecule has 32 heavy (non-hydrogen) atoms. The molecular formula is C21H26ClN5O5. The number of nitrogens with zero attached hydrogens (tertiary/aromatic N) is 3. The van der Waals surface area contributed by atoms with E-state index in [4.69, 9.17) is 22.1 Å². The van der Waals surface area contributed by atoms with Crippen molar-refractivity contribution in [3.63, 3.8) is 0 Å². The van der Waals surface area contributed by atoms with Crippen LogP contribution in [0.25, 0.3) is 0 Å². The maximum Gasteiger partial charge on any atom is 0.330 e. The van der Waals surface area contributed by atoms with Crippen LogP contribution >= 0.6 is 11.6 Å². The van der Waals surface area contributed by atoms with Crippen molar-refractivity contribution in [1.82, 2.24) is 9.55 Å². The van der Waals surface area contributed by atoms with Gasteiger partial charge in [0.05, 0.1) is 18.7 Å². The highest BCUT2D eigenvalue weighted by Crippen LogP contribution is 2.36. The van der Waals surface area contributed by atoms with Crippen LogP contribution in [0, 0.1) is 5.92 Å². The molecule has 1 atom stereocenters. The molecule has 1 unspecified atom stereocenters. The number of halogens is 1. The summed E-state index contributed by atoms with van der Waals surface area (Å²) in [6.45, 7) is 2.37. The Morgan fingerprint density at radius 3 is 2.72 bits per heavy atom. The van der Waals surface area contributed by atoms with Crippen LogP contribution < -0.4 is 31.5 Å². The number of nitrogen functional groups attached to an aromatic ring is 1. The number of carbonyl (C=O) groups is 2. The van der Waals surface area contributed by atoms with E-state index in [0.717, 1.165) is 11.3 Å². The van der Waals surface area contributed by atoms with Crippen LogP contribution in [0.4, 0.5) is 17.2 Å². The van der Waals surface area contributed by atoms with Crippen LogP contribution in [0.2, 0.25) is 5.02 Å². The van der Waals surface area contributed by atoms with Crippen molar-refractivity contribution in [3.05, 3.63) is 44.1 Å². The smallest absolute Gasteiger partial charge is 0.330 e. The lowest BCUT2D eigenvalue weighted by Gasteiger charge is -2.23. The monoisotopic (exact) mass is 463 g/mol. The van der Waals surface area contributed by atoms with E-state index in [-0.39, 0.29) is 30.4 Å². The van der Waals surface area contributed by atoms with Gasteiger partial charge >= 0.3 is 5.69 Å². The molecule has 1 fully saturated rings. The van der Waals surface area contributed by atoms with Crippen molar-refractivity contribution >= 4 is 40.6 Å². The normalized spacial score (nSPS) is 15.8. The zero-order valence-electron chi connectivity index (χ0n) is 18.2. The minimum atomic E-state index is -0.756. The Labute approximate surface area is 189 Å². The van der Waals surface area contributed by atoms with E-state index in [9.17, 15) is 19.2 Å². The Morgan fingerprint density at radius 2 is 2.06 bits per heavy atom. The molecule has 0 bridgehead atoms. The molecule has 1 saturated heterocycles. The fourth-order valence-corrected chi connectivity index (χ4v) is 3.97. The molecule has 0 aliphatic carbocycles. The van der Waals surface area contributed by atoms with Crippen LogP contribution in [0.1, 0.15) is 26.2 Å². The molecule has 3 N–H and O–H groups in total. The van der Waals surface area contributed by atoms with E-state index >= 15 is 0 Å². The maximum atomic E-state index is 13.2. The second-order valence-corrected chi connectivity index (χ2v) is 8.05. The van der Waals surface area contributed by atoms with E-state index in [0.29, 0.717) is 29.4 Å². The number of anilines is 3. The van der Waals surface area contributed by atoms with Gasteiger partial charge in [0.2, 0.25) is 11.8 Å². The van der Waals surface area contributed by atoms with E-state index < -0.39 is 23.1 Å². The van der Waals surface area contributed by atoms with Gasteiger partial charge in [0, 0.05) is 31.6 Å². The number of aromatic amines is 1. The van der Waals surface area contributed by atoms with Crippen LogP contribution in [-0.4, -0.2) is 42.1 Å². The van der Waals surface area contributed by atoms with Crippen molar-refractivity contribution in [2.24, 2.45) is 5.92 Å². The summed E-state index contributed by atoms with van der Waals surface area (Å²) in [6.07, 6.45) is 1.45. The number of nitrogens with two attached hydrogens (primary N) is 1. The third-order valence-electron chi connectivity index (χ3n) is 5.52. The number of hydrogen-bond acceptors (Lipinski definition) is 6. The Bertz CT molecular complexity index is 1160.